The van der Waals surface area contributed by atoms with Crippen molar-refractivity contribution in [3.63, 3.8) is 0 Å². The monoisotopic (exact) mass is 198 g/mol. The van der Waals surface area contributed by atoms with Crippen LogP contribution in [0.4, 0.5) is 0 Å². The van der Waals surface area contributed by atoms with Gasteiger partial charge in [-0.05, 0) is 6.42 Å². The zero-order valence-electron chi connectivity index (χ0n) is 8.12. The molecule has 1 aromatic rings. The second-order valence-electron chi connectivity index (χ2n) is 2.97. The SMILES string of the molecule is CCCCCOc1[nH]ncc1C(=O)O. The molecule has 0 bridgehead atoms. The molecule has 0 amide bonds. The number of carboxylic acids is 1. The number of rotatable bonds is 6. The van der Waals surface area contributed by atoms with Crippen molar-refractivity contribution in [2.75, 3.05) is 6.61 Å². The average Bonchev–Trinajstić information content (AvgIpc) is 2.60. The molecule has 0 aromatic carbocycles. The number of carboxylic acid groups (broad SMARTS) is 1. The second-order valence-corrected chi connectivity index (χ2v) is 2.97. The molecule has 0 spiro atoms. The molecule has 0 aliphatic rings. The third kappa shape index (κ3) is 2.76. The first-order valence-corrected chi connectivity index (χ1v) is 4.65. The summed E-state index contributed by atoms with van der Waals surface area (Å²) in [6.45, 7) is 2.62. The van der Waals surface area contributed by atoms with Crippen LogP contribution in [0.1, 0.15) is 36.5 Å². The van der Waals surface area contributed by atoms with E-state index < -0.39 is 5.97 Å². The first-order valence-electron chi connectivity index (χ1n) is 4.65. The van der Waals surface area contributed by atoms with Gasteiger partial charge in [-0.15, -0.1) is 0 Å². The first-order chi connectivity index (χ1) is 6.75. The molecule has 0 fully saturated rings. The molecule has 0 aliphatic carbocycles. The highest BCUT2D eigenvalue weighted by Crippen LogP contribution is 2.13. The second kappa shape index (κ2) is 5.26. The summed E-state index contributed by atoms with van der Waals surface area (Å²) in [6, 6.07) is 0. The van der Waals surface area contributed by atoms with E-state index >= 15 is 0 Å². The summed E-state index contributed by atoms with van der Waals surface area (Å²) >= 11 is 0. The molecular weight excluding hydrogens is 184 g/mol. The van der Waals surface area contributed by atoms with Crippen LogP contribution in [0.2, 0.25) is 0 Å². The van der Waals surface area contributed by atoms with Crippen LogP contribution in [0.5, 0.6) is 5.88 Å². The molecule has 0 atom stereocenters. The smallest absolute Gasteiger partial charge is 0.342 e. The number of carbonyl (C=O) groups is 1. The minimum absolute atomic E-state index is 0.0847. The number of ether oxygens (including phenoxy) is 1. The highest BCUT2D eigenvalue weighted by molar-refractivity contribution is 5.89. The molecule has 5 heteroatoms. The van der Waals surface area contributed by atoms with Gasteiger partial charge in [0.15, 0.2) is 0 Å². The van der Waals surface area contributed by atoms with Crippen molar-refractivity contribution < 1.29 is 14.6 Å². The quantitative estimate of drug-likeness (QED) is 0.682. The van der Waals surface area contributed by atoms with Crippen LogP contribution in [0, 0.1) is 0 Å². The van der Waals surface area contributed by atoms with Crippen LogP contribution in [0.3, 0.4) is 0 Å². The molecule has 1 aromatic heterocycles. The van der Waals surface area contributed by atoms with Gasteiger partial charge in [0.25, 0.3) is 0 Å². The number of hydrogen-bond acceptors (Lipinski definition) is 3. The van der Waals surface area contributed by atoms with Gasteiger partial charge in [-0.2, -0.15) is 5.10 Å². The van der Waals surface area contributed by atoms with Gasteiger partial charge in [0.05, 0.1) is 12.8 Å². The van der Waals surface area contributed by atoms with Gasteiger partial charge in [0, 0.05) is 0 Å². The average molecular weight is 198 g/mol. The Morgan fingerprint density at radius 2 is 2.43 bits per heavy atom. The summed E-state index contributed by atoms with van der Waals surface area (Å²) in [5.41, 5.74) is 0.0847. The van der Waals surface area contributed by atoms with E-state index in [1.165, 1.54) is 6.20 Å². The van der Waals surface area contributed by atoms with Crippen molar-refractivity contribution in [1.29, 1.82) is 0 Å². The van der Waals surface area contributed by atoms with Crippen molar-refractivity contribution in [1.82, 2.24) is 10.2 Å². The molecule has 0 saturated heterocycles. The molecule has 0 unspecified atom stereocenters. The molecular formula is C9H14N2O3. The number of hydrogen-bond donors (Lipinski definition) is 2. The zero-order valence-corrected chi connectivity index (χ0v) is 8.12. The fourth-order valence-corrected chi connectivity index (χ4v) is 1.06. The number of nitrogens with one attached hydrogen (secondary N) is 1. The Labute approximate surface area is 82.1 Å². The van der Waals surface area contributed by atoms with Crippen molar-refractivity contribution in [3.8, 4) is 5.88 Å². The van der Waals surface area contributed by atoms with Gasteiger partial charge < -0.3 is 9.84 Å². The fourth-order valence-electron chi connectivity index (χ4n) is 1.06. The van der Waals surface area contributed by atoms with E-state index in [1.54, 1.807) is 0 Å². The van der Waals surface area contributed by atoms with Crippen molar-refractivity contribution in [3.05, 3.63) is 11.8 Å². The van der Waals surface area contributed by atoms with E-state index in [2.05, 4.69) is 17.1 Å². The largest absolute Gasteiger partial charge is 0.477 e. The lowest BCUT2D eigenvalue weighted by Gasteiger charge is -2.03. The minimum Gasteiger partial charge on any atom is -0.477 e. The van der Waals surface area contributed by atoms with Crippen LogP contribution in [-0.4, -0.2) is 27.9 Å². The lowest BCUT2D eigenvalue weighted by molar-refractivity contribution is 0.0692. The van der Waals surface area contributed by atoms with E-state index in [-0.39, 0.29) is 11.4 Å². The van der Waals surface area contributed by atoms with Crippen molar-refractivity contribution in [2.24, 2.45) is 0 Å². The summed E-state index contributed by atoms with van der Waals surface area (Å²) in [5, 5.41) is 14.8. The molecule has 78 valence electrons. The van der Waals surface area contributed by atoms with Crippen molar-refractivity contribution >= 4 is 5.97 Å². The number of aromatic carboxylic acids is 1. The lowest BCUT2D eigenvalue weighted by atomic mass is 10.3. The predicted octanol–water partition coefficient (Wildman–Crippen LogP) is 1.68. The maximum absolute atomic E-state index is 10.6. The van der Waals surface area contributed by atoms with Crippen molar-refractivity contribution in [2.45, 2.75) is 26.2 Å². The van der Waals surface area contributed by atoms with E-state index in [0.29, 0.717) is 6.61 Å². The number of aromatic amines is 1. The minimum atomic E-state index is -1.02. The summed E-state index contributed by atoms with van der Waals surface area (Å²) in [5.74, 6) is -0.780. The Morgan fingerprint density at radius 1 is 1.64 bits per heavy atom. The third-order valence-electron chi connectivity index (χ3n) is 1.83. The summed E-state index contributed by atoms with van der Waals surface area (Å²) in [7, 11) is 0. The molecule has 5 nitrogen and oxygen atoms in total. The van der Waals surface area contributed by atoms with Gasteiger partial charge in [0.1, 0.15) is 5.56 Å². The maximum atomic E-state index is 10.6. The fraction of sp³-hybridized carbons (Fsp3) is 0.556. The zero-order chi connectivity index (χ0) is 10.4. The molecule has 0 saturated carbocycles. The number of nitrogens with zero attached hydrogens (tertiary/aromatic N) is 1. The van der Waals surface area contributed by atoms with E-state index in [0.717, 1.165) is 19.3 Å². The summed E-state index contributed by atoms with van der Waals surface area (Å²) in [4.78, 5) is 10.6. The maximum Gasteiger partial charge on any atom is 0.342 e. The third-order valence-corrected chi connectivity index (χ3v) is 1.83. The lowest BCUT2D eigenvalue weighted by Crippen LogP contribution is -2.02. The molecule has 14 heavy (non-hydrogen) atoms. The van der Waals surface area contributed by atoms with Gasteiger partial charge in [-0.25, -0.2) is 9.89 Å². The normalized spacial score (nSPS) is 10.1. The number of unbranched alkanes of at least 4 members (excludes halogenated alkanes) is 2. The van der Waals surface area contributed by atoms with Crippen LogP contribution < -0.4 is 4.74 Å². The summed E-state index contributed by atoms with van der Waals surface area (Å²) in [6.07, 6.45) is 4.36. The first kappa shape index (κ1) is 10.6. The topological polar surface area (TPSA) is 75.2 Å². The summed E-state index contributed by atoms with van der Waals surface area (Å²) < 4.78 is 5.24. The number of H-pyrrole nitrogens is 1. The van der Waals surface area contributed by atoms with Gasteiger partial charge >= 0.3 is 5.97 Å². The predicted molar refractivity (Wildman–Crippen MR) is 50.6 cm³/mol. The molecule has 0 radical (unpaired) electrons. The standard InChI is InChI=1S/C9H14N2O3/c1-2-3-4-5-14-8-7(9(12)13)6-10-11-8/h6H,2-5H2,1H3,(H,10,11)(H,12,13). The molecule has 2 N–H and O–H groups in total. The Bertz CT molecular complexity index is 296. The van der Waals surface area contributed by atoms with Crippen LogP contribution in [-0.2, 0) is 0 Å². The molecule has 1 rings (SSSR count). The van der Waals surface area contributed by atoms with Crippen LogP contribution in [0.25, 0.3) is 0 Å². The van der Waals surface area contributed by atoms with Gasteiger partial charge in [0.2, 0.25) is 5.88 Å². The number of aromatic nitrogens is 2. The Hall–Kier alpha value is -1.52. The highest BCUT2D eigenvalue weighted by Gasteiger charge is 2.12. The van der Waals surface area contributed by atoms with E-state index in [4.69, 9.17) is 9.84 Å². The van der Waals surface area contributed by atoms with E-state index in [1.807, 2.05) is 0 Å². The van der Waals surface area contributed by atoms with Gasteiger partial charge in [-0.1, -0.05) is 19.8 Å². The Kier molecular flexibility index (Phi) is 3.97. The van der Waals surface area contributed by atoms with Crippen LogP contribution in [0.15, 0.2) is 6.20 Å². The van der Waals surface area contributed by atoms with Gasteiger partial charge in [-0.3, -0.25) is 0 Å². The Morgan fingerprint density at radius 3 is 3.07 bits per heavy atom. The van der Waals surface area contributed by atoms with Crippen LogP contribution >= 0.6 is 0 Å². The highest BCUT2D eigenvalue weighted by atomic mass is 16.5. The van der Waals surface area contributed by atoms with E-state index in [9.17, 15) is 4.79 Å². The Balaban J connectivity index is 2.42. The molecule has 1 heterocycles. The molecule has 0 aliphatic heterocycles.